The summed E-state index contributed by atoms with van der Waals surface area (Å²) in [5.74, 6) is 0.657. The number of allylic oxidation sites excluding steroid dienone is 1. The predicted molar refractivity (Wildman–Crippen MR) is 136 cm³/mol. The van der Waals surface area contributed by atoms with Crippen molar-refractivity contribution in [2.45, 2.75) is 32.0 Å². The zero-order valence-corrected chi connectivity index (χ0v) is 20.7. The van der Waals surface area contributed by atoms with Crippen molar-refractivity contribution >= 4 is 23.9 Å². The fourth-order valence-corrected chi connectivity index (χ4v) is 3.96. The van der Waals surface area contributed by atoms with Gasteiger partial charge in [-0.25, -0.2) is 19.8 Å². The minimum absolute atomic E-state index is 0.140. The molecule has 2 aromatic carbocycles. The molecule has 0 unspecified atom stereocenters. The predicted octanol–water partition coefficient (Wildman–Crippen LogP) is 4.79. The van der Waals surface area contributed by atoms with E-state index in [9.17, 15) is 9.18 Å². The molecule has 0 aliphatic rings. The number of methoxy groups -OCH3 is 1. The molecule has 1 heterocycles. The third-order valence-electron chi connectivity index (χ3n) is 4.73. The Hall–Kier alpha value is -3.72. The molecule has 0 bridgehead atoms. The number of nitrogens with one attached hydrogen (secondary N) is 1. The minimum Gasteiger partial charge on any atom is -0.493 e. The first-order valence-electron chi connectivity index (χ1n) is 10.8. The lowest BCUT2D eigenvalue weighted by Gasteiger charge is -2.16. The first kappa shape index (κ1) is 25.9. The molecule has 0 saturated heterocycles. The van der Waals surface area contributed by atoms with E-state index in [-0.39, 0.29) is 24.1 Å². The van der Waals surface area contributed by atoms with Crippen LogP contribution in [0.2, 0.25) is 0 Å². The van der Waals surface area contributed by atoms with Crippen molar-refractivity contribution in [3.05, 3.63) is 89.0 Å². The molecule has 1 amide bonds. The monoisotopic (exact) mass is 494 g/mol. The van der Waals surface area contributed by atoms with E-state index in [0.717, 1.165) is 28.1 Å². The van der Waals surface area contributed by atoms with E-state index < -0.39 is 0 Å². The Labute approximate surface area is 208 Å². The van der Waals surface area contributed by atoms with Crippen LogP contribution in [0.4, 0.5) is 4.39 Å². The van der Waals surface area contributed by atoms with Gasteiger partial charge in [0.15, 0.2) is 16.7 Å². The highest BCUT2D eigenvalue weighted by Crippen LogP contribution is 2.34. The van der Waals surface area contributed by atoms with E-state index in [1.807, 2.05) is 26.0 Å². The van der Waals surface area contributed by atoms with Crippen molar-refractivity contribution in [1.82, 2.24) is 15.4 Å². The zero-order chi connectivity index (χ0) is 25.2. The number of aromatic nitrogens is 2. The van der Waals surface area contributed by atoms with Gasteiger partial charge < -0.3 is 9.47 Å². The largest absolute Gasteiger partial charge is 0.493 e. The van der Waals surface area contributed by atoms with E-state index in [1.165, 1.54) is 30.1 Å². The number of benzene rings is 2. The molecule has 0 radical (unpaired) electrons. The van der Waals surface area contributed by atoms with Crippen LogP contribution in [0.25, 0.3) is 0 Å². The molecule has 3 aromatic rings. The molecule has 182 valence electrons. The molecule has 0 spiro atoms. The summed E-state index contributed by atoms with van der Waals surface area (Å²) in [5.41, 5.74) is 6.62. The normalized spacial score (nSPS) is 10.9. The lowest BCUT2D eigenvalue weighted by Crippen LogP contribution is -2.19. The van der Waals surface area contributed by atoms with Crippen LogP contribution in [0.3, 0.4) is 0 Å². The number of thioether (sulfide) groups is 1. The summed E-state index contributed by atoms with van der Waals surface area (Å²) in [6.45, 7) is 7.84. The molecule has 7 nitrogen and oxygen atoms in total. The second-order valence-electron chi connectivity index (χ2n) is 7.63. The summed E-state index contributed by atoms with van der Waals surface area (Å²) in [7, 11) is 1.55. The SMILES string of the molecule is C=CCc1cc(/C=N\NC(=O)CSc2nc(C)cc(C)n2)cc(OC)c1OCc1ccc(F)cc1. The maximum Gasteiger partial charge on any atom is 0.250 e. The van der Waals surface area contributed by atoms with E-state index >= 15 is 0 Å². The Bertz CT molecular complexity index is 1200. The Kier molecular flexibility index (Phi) is 9.37. The number of halogens is 1. The Morgan fingerprint density at radius 3 is 2.54 bits per heavy atom. The molecule has 0 atom stereocenters. The first-order valence-corrected chi connectivity index (χ1v) is 11.8. The van der Waals surface area contributed by atoms with Crippen LogP contribution in [0, 0.1) is 19.7 Å². The molecular formula is C26H27FN4O3S. The standard InChI is InChI=1S/C26H27FN4O3S/c1-5-6-21-12-20(13-23(33-4)25(21)34-15-19-7-9-22(27)10-8-19)14-28-31-24(32)16-35-26-29-17(2)11-18(3)30-26/h5,7-14H,1,6,15-16H2,2-4H3,(H,31,32)/b28-14-. The van der Waals surface area contributed by atoms with Gasteiger partial charge >= 0.3 is 0 Å². The summed E-state index contributed by atoms with van der Waals surface area (Å²) < 4.78 is 24.7. The van der Waals surface area contributed by atoms with Gasteiger partial charge in [0, 0.05) is 17.0 Å². The van der Waals surface area contributed by atoms with E-state index in [2.05, 4.69) is 27.1 Å². The molecule has 0 fully saturated rings. The second-order valence-corrected chi connectivity index (χ2v) is 8.58. The summed E-state index contributed by atoms with van der Waals surface area (Å²) >= 11 is 1.25. The van der Waals surface area contributed by atoms with Crippen LogP contribution >= 0.6 is 11.8 Å². The highest BCUT2D eigenvalue weighted by molar-refractivity contribution is 7.99. The van der Waals surface area contributed by atoms with Crippen LogP contribution in [0.15, 0.2) is 65.4 Å². The van der Waals surface area contributed by atoms with E-state index in [1.54, 1.807) is 31.4 Å². The third kappa shape index (κ3) is 7.92. The Morgan fingerprint density at radius 1 is 1.17 bits per heavy atom. The van der Waals surface area contributed by atoms with Gasteiger partial charge in [-0.15, -0.1) is 6.58 Å². The number of ether oxygens (including phenoxy) is 2. The van der Waals surface area contributed by atoms with Crippen molar-refractivity contribution in [3.63, 3.8) is 0 Å². The van der Waals surface area contributed by atoms with Gasteiger partial charge in [0.1, 0.15) is 12.4 Å². The van der Waals surface area contributed by atoms with Crippen molar-refractivity contribution in [2.24, 2.45) is 5.10 Å². The van der Waals surface area contributed by atoms with Crippen LogP contribution in [0.1, 0.15) is 28.1 Å². The van der Waals surface area contributed by atoms with Crippen molar-refractivity contribution < 1.29 is 18.7 Å². The Morgan fingerprint density at radius 2 is 1.89 bits per heavy atom. The number of nitrogens with zero attached hydrogens (tertiary/aromatic N) is 3. The zero-order valence-electron chi connectivity index (χ0n) is 19.9. The highest BCUT2D eigenvalue weighted by atomic mass is 32.2. The molecule has 1 N–H and O–H groups in total. The second kappa shape index (κ2) is 12.7. The average Bonchev–Trinajstić information content (AvgIpc) is 2.82. The molecule has 3 rings (SSSR count). The van der Waals surface area contributed by atoms with Crippen LogP contribution in [-0.4, -0.2) is 35.0 Å². The topological polar surface area (TPSA) is 85.7 Å². The van der Waals surface area contributed by atoms with Gasteiger partial charge in [0.05, 0.1) is 19.1 Å². The van der Waals surface area contributed by atoms with Crippen LogP contribution in [0.5, 0.6) is 11.5 Å². The summed E-state index contributed by atoms with van der Waals surface area (Å²) in [5, 5.41) is 4.61. The number of amides is 1. The van der Waals surface area contributed by atoms with Crippen molar-refractivity contribution in [1.29, 1.82) is 0 Å². The minimum atomic E-state index is -0.299. The van der Waals surface area contributed by atoms with Gasteiger partial charge in [-0.1, -0.05) is 30.0 Å². The number of hydrazone groups is 1. The van der Waals surface area contributed by atoms with Gasteiger partial charge in [-0.05, 0) is 61.7 Å². The number of aryl methyl sites for hydroxylation is 2. The molecule has 0 aliphatic heterocycles. The molecule has 1 aromatic heterocycles. The molecule has 0 saturated carbocycles. The number of hydrogen-bond donors (Lipinski definition) is 1. The van der Waals surface area contributed by atoms with Crippen LogP contribution in [-0.2, 0) is 17.8 Å². The highest BCUT2D eigenvalue weighted by Gasteiger charge is 2.13. The average molecular weight is 495 g/mol. The lowest BCUT2D eigenvalue weighted by molar-refractivity contribution is -0.118. The molecule has 0 aliphatic carbocycles. The lowest BCUT2D eigenvalue weighted by atomic mass is 10.1. The van der Waals surface area contributed by atoms with E-state index in [0.29, 0.717) is 23.1 Å². The molecular weight excluding hydrogens is 467 g/mol. The van der Waals surface area contributed by atoms with E-state index in [4.69, 9.17) is 9.47 Å². The van der Waals surface area contributed by atoms with Gasteiger partial charge in [0.2, 0.25) is 0 Å². The smallest absolute Gasteiger partial charge is 0.250 e. The fraction of sp³-hybridized carbons (Fsp3) is 0.231. The Balaban J connectivity index is 1.65. The summed E-state index contributed by atoms with van der Waals surface area (Å²) in [4.78, 5) is 20.8. The van der Waals surface area contributed by atoms with Gasteiger partial charge in [-0.2, -0.15) is 5.10 Å². The van der Waals surface area contributed by atoms with Gasteiger partial charge in [-0.3, -0.25) is 4.79 Å². The number of hydrogen-bond acceptors (Lipinski definition) is 7. The number of rotatable bonds is 11. The quantitative estimate of drug-likeness (QED) is 0.136. The number of carbonyl (C=O) groups excluding carboxylic acids is 1. The van der Waals surface area contributed by atoms with Crippen molar-refractivity contribution in [3.8, 4) is 11.5 Å². The first-order chi connectivity index (χ1) is 16.9. The third-order valence-corrected chi connectivity index (χ3v) is 5.58. The van der Waals surface area contributed by atoms with Crippen LogP contribution < -0.4 is 14.9 Å². The number of carbonyl (C=O) groups is 1. The van der Waals surface area contributed by atoms with Crippen molar-refractivity contribution in [2.75, 3.05) is 12.9 Å². The summed E-state index contributed by atoms with van der Waals surface area (Å²) in [6.07, 6.45) is 3.83. The van der Waals surface area contributed by atoms with Gasteiger partial charge in [0.25, 0.3) is 5.91 Å². The molecule has 35 heavy (non-hydrogen) atoms. The molecule has 9 heteroatoms. The summed E-state index contributed by atoms with van der Waals surface area (Å²) in [6, 6.07) is 11.6. The maximum atomic E-state index is 13.2. The fourth-order valence-electron chi connectivity index (χ4n) is 3.22. The maximum absolute atomic E-state index is 13.2.